The van der Waals surface area contributed by atoms with Crippen molar-refractivity contribution in [1.82, 2.24) is 5.01 Å². The summed E-state index contributed by atoms with van der Waals surface area (Å²) in [6, 6.07) is 18.5. The van der Waals surface area contributed by atoms with Crippen LogP contribution in [0.4, 0.5) is 5.69 Å². The Hall–Kier alpha value is -3.39. The minimum absolute atomic E-state index is 0.0800. The van der Waals surface area contributed by atoms with Gasteiger partial charge in [-0.1, -0.05) is 44.2 Å². The van der Waals surface area contributed by atoms with E-state index in [4.69, 9.17) is 4.42 Å². The highest BCUT2D eigenvalue weighted by molar-refractivity contribution is 7.92. The molecule has 31 heavy (non-hydrogen) atoms. The van der Waals surface area contributed by atoms with Crippen molar-refractivity contribution in [3.63, 3.8) is 0 Å². The Kier molecular flexibility index (Phi) is 5.65. The van der Waals surface area contributed by atoms with Crippen molar-refractivity contribution in [2.45, 2.75) is 31.2 Å². The van der Waals surface area contributed by atoms with E-state index in [0.717, 1.165) is 11.3 Å². The first-order chi connectivity index (χ1) is 14.8. The number of nitrogens with zero attached hydrogens (tertiary/aromatic N) is 2. The SMILES string of the molecule is CC(C)C(=O)N1N=C(c2ccc(NS(=O)(=O)c3ccccc3)cc2)C[C@@H]1c1ccco1. The molecule has 8 heteroatoms. The van der Waals surface area contributed by atoms with E-state index in [9.17, 15) is 13.2 Å². The molecule has 0 aliphatic carbocycles. The summed E-state index contributed by atoms with van der Waals surface area (Å²) in [5, 5.41) is 6.06. The van der Waals surface area contributed by atoms with Crippen LogP contribution in [-0.4, -0.2) is 25.0 Å². The maximum atomic E-state index is 12.7. The molecular formula is C23H23N3O4S. The summed E-state index contributed by atoms with van der Waals surface area (Å²) in [6.45, 7) is 3.67. The predicted octanol–water partition coefficient (Wildman–Crippen LogP) is 4.41. The van der Waals surface area contributed by atoms with Crippen molar-refractivity contribution in [2.75, 3.05) is 4.72 Å². The van der Waals surface area contributed by atoms with Gasteiger partial charge in [-0.3, -0.25) is 9.52 Å². The van der Waals surface area contributed by atoms with Crippen LogP contribution in [0.2, 0.25) is 0 Å². The van der Waals surface area contributed by atoms with E-state index < -0.39 is 10.0 Å². The van der Waals surface area contributed by atoms with Gasteiger partial charge in [-0.2, -0.15) is 5.10 Å². The third kappa shape index (κ3) is 4.39. The fraction of sp³-hybridized carbons (Fsp3) is 0.217. The molecule has 1 atom stereocenters. The summed E-state index contributed by atoms with van der Waals surface area (Å²) in [4.78, 5) is 12.9. The number of benzene rings is 2. The van der Waals surface area contributed by atoms with Crippen LogP contribution in [0, 0.1) is 5.92 Å². The first-order valence-corrected chi connectivity index (χ1v) is 11.5. The maximum Gasteiger partial charge on any atom is 0.261 e. The molecule has 0 unspecified atom stereocenters. The summed E-state index contributed by atoms with van der Waals surface area (Å²) < 4.78 is 33.1. The molecule has 0 saturated carbocycles. The lowest BCUT2D eigenvalue weighted by molar-refractivity contribution is -0.136. The van der Waals surface area contributed by atoms with Gasteiger partial charge >= 0.3 is 0 Å². The van der Waals surface area contributed by atoms with E-state index in [-0.39, 0.29) is 22.8 Å². The lowest BCUT2D eigenvalue weighted by Gasteiger charge is -2.21. The molecule has 160 valence electrons. The number of rotatable bonds is 6. The summed E-state index contributed by atoms with van der Waals surface area (Å²) in [7, 11) is -3.66. The number of hydrogen-bond donors (Lipinski definition) is 1. The summed E-state index contributed by atoms with van der Waals surface area (Å²) in [5.74, 6) is 0.402. The first kappa shape index (κ1) is 20.9. The van der Waals surface area contributed by atoms with E-state index in [0.29, 0.717) is 17.9 Å². The van der Waals surface area contributed by atoms with Gasteiger partial charge in [0.1, 0.15) is 11.8 Å². The van der Waals surface area contributed by atoms with Crippen molar-refractivity contribution in [3.05, 3.63) is 84.3 Å². The van der Waals surface area contributed by atoms with E-state index in [2.05, 4.69) is 9.82 Å². The number of sulfonamides is 1. The van der Waals surface area contributed by atoms with Crippen LogP contribution < -0.4 is 4.72 Å². The zero-order chi connectivity index (χ0) is 22.0. The van der Waals surface area contributed by atoms with Gasteiger partial charge in [0.05, 0.1) is 16.9 Å². The molecule has 3 aromatic rings. The molecule has 1 aromatic heterocycles. The minimum atomic E-state index is -3.66. The Balaban J connectivity index is 1.56. The summed E-state index contributed by atoms with van der Waals surface area (Å²) in [6.07, 6.45) is 2.10. The minimum Gasteiger partial charge on any atom is -0.467 e. The molecule has 1 aliphatic heterocycles. The van der Waals surface area contributed by atoms with Gasteiger partial charge in [0, 0.05) is 18.0 Å². The molecule has 1 N–H and O–H groups in total. The second-order valence-corrected chi connectivity index (χ2v) is 9.30. The molecule has 2 heterocycles. The van der Waals surface area contributed by atoms with E-state index in [1.165, 1.54) is 5.01 Å². The summed E-state index contributed by atoms with van der Waals surface area (Å²) >= 11 is 0. The van der Waals surface area contributed by atoms with Crippen LogP contribution in [0.25, 0.3) is 0 Å². The van der Waals surface area contributed by atoms with Crippen LogP contribution in [0.3, 0.4) is 0 Å². The van der Waals surface area contributed by atoms with Crippen LogP contribution in [-0.2, 0) is 14.8 Å². The third-order valence-electron chi connectivity index (χ3n) is 5.03. The van der Waals surface area contributed by atoms with E-state index in [1.54, 1.807) is 66.9 Å². The second-order valence-electron chi connectivity index (χ2n) is 7.62. The number of carbonyl (C=O) groups is 1. The zero-order valence-electron chi connectivity index (χ0n) is 17.2. The van der Waals surface area contributed by atoms with Crippen LogP contribution in [0.1, 0.15) is 37.6 Å². The second kappa shape index (κ2) is 8.39. The van der Waals surface area contributed by atoms with Gasteiger partial charge in [0.15, 0.2) is 0 Å². The Morgan fingerprint density at radius 3 is 2.39 bits per heavy atom. The van der Waals surface area contributed by atoms with Gasteiger partial charge in [0.25, 0.3) is 10.0 Å². The van der Waals surface area contributed by atoms with Gasteiger partial charge in [-0.15, -0.1) is 0 Å². The first-order valence-electron chi connectivity index (χ1n) is 9.97. The monoisotopic (exact) mass is 437 g/mol. The smallest absolute Gasteiger partial charge is 0.261 e. The molecular weight excluding hydrogens is 414 g/mol. The van der Waals surface area contributed by atoms with E-state index >= 15 is 0 Å². The molecule has 4 rings (SSSR count). The Morgan fingerprint density at radius 2 is 1.77 bits per heavy atom. The quantitative estimate of drug-likeness (QED) is 0.618. The zero-order valence-corrected chi connectivity index (χ0v) is 18.0. The highest BCUT2D eigenvalue weighted by atomic mass is 32.2. The predicted molar refractivity (Wildman–Crippen MR) is 118 cm³/mol. The van der Waals surface area contributed by atoms with Gasteiger partial charge in [-0.25, -0.2) is 13.4 Å². The fourth-order valence-corrected chi connectivity index (χ4v) is 4.48. The molecule has 2 aromatic carbocycles. The standard InChI is InChI=1S/C23H23N3O4S/c1-16(2)23(27)26-21(22-9-6-14-30-22)15-20(24-26)17-10-12-18(13-11-17)25-31(28,29)19-7-4-3-5-8-19/h3-14,16,21,25H,15H2,1-2H3/t21-/m1/s1. The molecule has 0 bridgehead atoms. The number of carbonyl (C=O) groups excluding carboxylic acids is 1. The molecule has 1 aliphatic rings. The number of anilines is 1. The van der Waals surface area contributed by atoms with Crippen LogP contribution in [0.15, 0.2) is 87.4 Å². The molecule has 0 fully saturated rings. The maximum absolute atomic E-state index is 12.7. The molecule has 0 saturated heterocycles. The number of nitrogens with one attached hydrogen (secondary N) is 1. The Labute approximate surface area is 181 Å². The third-order valence-corrected chi connectivity index (χ3v) is 6.42. The largest absolute Gasteiger partial charge is 0.467 e. The average molecular weight is 438 g/mol. The molecule has 7 nitrogen and oxygen atoms in total. The number of furan rings is 1. The van der Waals surface area contributed by atoms with Crippen LogP contribution >= 0.6 is 0 Å². The number of amides is 1. The van der Waals surface area contributed by atoms with Crippen molar-refractivity contribution in [3.8, 4) is 0 Å². The van der Waals surface area contributed by atoms with Crippen molar-refractivity contribution < 1.29 is 17.6 Å². The average Bonchev–Trinajstić information content (AvgIpc) is 3.44. The Bertz CT molecular complexity index is 1190. The highest BCUT2D eigenvalue weighted by Gasteiger charge is 2.35. The van der Waals surface area contributed by atoms with Gasteiger partial charge in [0.2, 0.25) is 5.91 Å². The van der Waals surface area contributed by atoms with Gasteiger partial charge < -0.3 is 4.42 Å². The highest BCUT2D eigenvalue weighted by Crippen LogP contribution is 2.34. The number of hydrogen-bond acceptors (Lipinski definition) is 5. The molecule has 0 spiro atoms. The topological polar surface area (TPSA) is 92.0 Å². The molecule has 0 radical (unpaired) electrons. The fourth-order valence-electron chi connectivity index (χ4n) is 3.40. The van der Waals surface area contributed by atoms with Crippen molar-refractivity contribution in [1.29, 1.82) is 0 Å². The van der Waals surface area contributed by atoms with E-state index in [1.807, 2.05) is 19.9 Å². The van der Waals surface area contributed by atoms with Crippen molar-refractivity contribution >= 4 is 27.3 Å². The lowest BCUT2D eigenvalue weighted by Crippen LogP contribution is -2.30. The molecule has 1 amide bonds. The normalized spacial score (nSPS) is 16.4. The lowest BCUT2D eigenvalue weighted by atomic mass is 10.0. The van der Waals surface area contributed by atoms with Gasteiger partial charge in [-0.05, 0) is 42.0 Å². The van der Waals surface area contributed by atoms with Crippen LogP contribution in [0.5, 0.6) is 0 Å². The van der Waals surface area contributed by atoms with Crippen molar-refractivity contribution in [2.24, 2.45) is 11.0 Å². The summed E-state index contributed by atoms with van der Waals surface area (Å²) in [5.41, 5.74) is 2.01. The number of hydrazone groups is 1. The Morgan fingerprint density at radius 1 is 1.06 bits per heavy atom.